The van der Waals surface area contributed by atoms with Crippen molar-refractivity contribution in [1.82, 2.24) is 9.55 Å². The molecule has 3 nitrogen and oxygen atoms in total. The first-order chi connectivity index (χ1) is 11.2. The number of hydrogen-bond acceptors (Lipinski definition) is 2. The Bertz CT molecular complexity index is 804. The lowest BCUT2D eigenvalue weighted by Gasteiger charge is -2.03. The van der Waals surface area contributed by atoms with E-state index in [1.165, 1.54) is 18.2 Å². The lowest BCUT2D eigenvalue weighted by molar-refractivity contribution is 0.104. The first-order valence-corrected chi connectivity index (χ1v) is 7.23. The SMILES string of the molecule is O=C(/C=C/c1ccc(F)cc1)c1ccc(Cn2ccnc2)cc1. The Morgan fingerprint density at radius 1 is 1.09 bits per heavy atom. The summed E-state index contributed by atoms with van der Waals surface area (Å²) in [6.07, 6.45) is 8.56. The second kappa shape index (κ2) is 6.83. The monoisotopic (exact) mass is 306 g/mol. The quantitative estimate of drug-likeness (QED) is 0.528. The number of carbonyl (C=O) groups is 1. The van der Waals surface area contributed by atoms with Gasteiger partial charge in [0.25, 0.3) is 0 Å². The Morgan fingerprint density at radius 2 is 1.83 bits per heavy atom. The maximum atomic E-state index is 12.8. The molecule has 0 aliphatic heterocycles. The molecule has 3 aromatic rings. The maximum Gasteiger partial charge on any atom is 0.185 e. The van der Waals surface area contributed by atoms with Crippen molar-refractivity contribution in [1.29, 1.82) is 0 Å². The van der Waals surface area contributed by atoms with E-state index in [1.54, 1.807) is 30.7 Å². The van der Waals surface area contributed by atoms with Crippen LogP contribution in [0.5, 0.6) is 0 Å². The second-order valence-electron chi connectivity index (χ2n) is 5.18. The molecule has 0 bridgehead atoms. The number of carbonyl (C=O) groups excluding carboxylic acids is 1. The number of nitrogens with zero attached hydrogens (tertiary/aromatic N) is 2. The third-order valence-corrected chi connectivity index (χ3v) is 3.46. The predicted molar refractivity (Wildman–Crippen MR) is 87.5 cm³/mol. The lowest BCUT2D eigenvalue weighted by Crippen LogP contribution is -1.98. The van der Waals surface area contributed by atoms with E-state index in [0.29, 0.717) is 5.56 Å². The van der Waals surface area contributed by atoms with Crippen molar-refractivity contribution in [2.45, 2.75) is 6.54 Å². The number of imidazole rings is 1. The van der Waals surface area contributed by atoms with Crippen LogP contribution in [0.4, 0.5) is 4.39 Å². The van der Waals surface area contributed by atoms with E-state index < -0.39 is 0 Å². The van der Waals surface area contributed by atoms with E-state index in [4.69, 9.17) is 0 Å². The van der Waals surface area contributed by atoms with Crippen LogP contribution in [-0.4, -0.2) is 15.3 Å². The first-order valence-electron chi connectivity index (χ1n) is 7.23. The molecule has 0 saturated carbocycles. The van der Waals surface area contributed by atoms with Crippen LogP contribution in [-0.2, 0) is 6.54 Å². The molecule has 0 radical (unpaired) electrons. The predicted octanol–water partition coefficient (Wildman–Crippen LogP) is 3.97. The summed E-state index contributed by atoms with van der Waals surface area (Å²) in [7, 11) is 0. The molecular weight excluding hydrogens is 291 g/mol. The fourth-order valence-electron chi connectivity index (χ4n) is 2.21. The Labute approximate surface area is 133 Å². The third-order valence-electron chi connectivity index (χ3n) is 3.46. The molecule has 0 amide bonds. The summed E-state index contributed by atoms with van der Waals surface area (Å²) in [5, 5.41) is 0. The Kier molecular flexibility index (Phi) is 4.43. The van der Waals surface area contributed by atoms with Crippen LogP contribution in [0.25, 0.3) is 6.08 Å². The van der Waals surface area contributed by atoms with Gasteiger partial charge in [-0.15, -0.1) is 0 Å². The highest BCUT2D eigenvalue weighted by Gasteiger charge is 2.02. The van der Waals surface area contributed by atoms with Gasteiger partial charge in [-0.3, -0.25) is 4.79 Å². The van der Waals surface area contributed by atoms with Gasteiger partial charge in [0.1, 0.15) is 5.82 Å². The lowest BCUT2D eigenvalue weighted by atomic mass is 10.1. The number of halogens is 1. The van der Waals surface area contributed by atoms with Crippen molar-refractivity contribution in [3.8, 4) is 0 Å². The summed E-state index contributed by atoms with van der Waals surface area (Å²) in [5.41, 5.74) is 2.51. The van der Waals surface area contributed by atoms with Crippen LogP contribution in [0.15, 0.2) is 73.3 Å². The van der Waals surface area contributed by atoms with Gasteiger partial charge in [0.05, 0.1) is 6.33 Å². The van der Waals surface area contributed by atoms with Gasteiger partial charge in [-0.05, 0) is 29.3 Å². The zero-order chi connectivity index (χ0) is 16.1. The number of allylic oxidation sites excluding steroid dienone is 1. The summed E-state index contributed by atoms with van der Waals surface area (Å²) in [6.45, 7) is 0.722. The largest absolute Gasteiger partial charge is 0.333 e. The average molecular weight is 306 g/mol. The van der Waals surface area contributed by atoms with E-state index in [2.05, 4.69) is 4.98 Å². The number of ketones is 1. The fraction of sp³-hybridized carbons (Fsp3) is 0.0526. The number of hydrogen-bond donors (Lipinski definition) is 0. The number of aromatic nitrogens is 2. The van der Waals surface area contributed by atoms with Gasteiger partial charge in [-0.25, -0.2) is 9.37 Å². The van der Waals surface area contributed by atoms with Crippen molar-refractivity contribution >= 4 is 11.9 Å². The van der Waals surface area contributed by atoms with E-state index in [-0.39, 0.29) is 11.6 Å². The highest BCUT2D eigenvalue weighted by molar-refractivity contribution is 6.06. The zero-order valence-electron chi connectivity index (χ0n) is 12.4. The molecule has 0 aliphatic rings. The minimum absolute atomic E-state index is 0.0801. The molecule has 2 aromatic carbocycles. The molecule has 23 heavy (non-hydrogen) atoms. The van der Waals surface area contributed by atoms with Gasteiger partial charge >= 0.3 is 0 Å². The van der Waals surface area contributed by atoms with Crippen molar-refractivity contribution in [3.63, 3.8) is 0 Å². The minimum Gasteiger partial charge on any atom is -0.333 e. The molecule has 0 fully saturated rings. The Morgan fingerprint density at radius 3 is 2.48 bits per heavy atom. The molecular formula is C19H15FN2O. The van der Waals surface area contributed by atoms with Crippen LogP contribution < -0.4 is 0 Å². The molecule has 3 rings (SSSR count). The van der Waals surface area contributed by atoms with Gasteiger partial charge in [-0.2, -0.15) is 0 Å². The number of rotatable bonds is 5. The molecule has 1 heterocycles. The van der Waals surface area contributed by atoms with Gasteiger partial charge in [-0.1, -0.05) is 42.5 Å². The third kappa shape index (κ3) is 4.01. The van der Waals surface area contributed by atoms with Gasteiger partial charge in [0.15, 0.2) is 5.78 Å². The van der Waals surface area contributed by atoms with Crippen molar-refractivity contribution < 1.29 is 9.18 Å². The first kappa shape index (κ1) is 14.9. The van der Waals surface area contributed by atoms with Crippen LogP contribution in [0.1, 0.15) is 21.5 Å². The molecule has 1 aromatic heterocycles. The minimum atomic E-state index is -0.290. The van der Waals surface area contributed by atoms with E-state index in [1.807, 2.05) is 35.0 Å². The maximum absolute atomic E-state index is 12.8. The molecule has 0 N–H and O–H groups in total. The molecule has 0 aliphatic carbocycles. The van der Waals surface area contributed by atoms with Crippen LogP contribution >= 0.6 is 0 Å². The van der Waals surface area contributed by atoms with Gasteiger partial charge in [0.2, 0.25) is 0 Å². The summed E-state index contributed by atoms with van der Waals surface area (Å²) in [4.78, 5) is 16.1. The topological polar surface area (TPSA) is 34.9 Å². The molecule has 0 unspecified atom stereocenters. The summed E-state index contributed by atoms with van der Waals surface area (Å²) in [5.74, 6) is -0.370. The summed E-state index contributed by atoms with van der Waals surface area (Å²) in [6, 6.07) is 13.5. The highest BCUT2D eigenvalue weighted by atomic mass is 19.1. The van der Waals surface area contributed by atoms with E-state index in [9.17, 15) is 9.18 Å². The molecule has 4 heteroatoms. The standard InChI is InChI=1S/C19H15FN2O/c20-18-8-3-15(4-9-18)5-10-19(23)17-6-1-16(2-7-17)13-22-12-11-21-14-22/h1-12,14H,13H2/b10-5+. The van der Waals surface area contributed by atoms with Crippen LogP contribution in [0.3, 0.4) is 0 Å². The number of benzene rings is 2. The molecule has 0 saturated heterocycles. The van der Waals surface area contributed by atoms with Crippen LogP contribution in [0, 0.1) is 5.82 Å². The van der Waals surface area contributed by atoms with E-state index >= 15 is 0 Å². The molecule has 114 valence electrons. The molecule has 0 atom stereocenters. The fourth-order valence-corrected chi connectivity index (χ4v) is 2.21. The zero-order valence-corrected chi connectivity index (χ0v) is 12.4. The normalized spacial score (nSPS) is 11.0. The smallest absolute Gasteiger partial charge is 0.185 e. The van der Waals surface area contributed by atoms with Crippen molar-refractivity contribution in [2.75, 3.05) is 0 Å². The van der Waals surface area contributed by atoms with Gasteiger partial charge in [0, 0.05) is 24.5 Å². The summed E-state index contributed by atoms with van der Waals surface area (Å²) < 4.78 is 14.8. The van der Waals surface area contributed by atoms with Gasteiger partial charge < -0.3 is 4.57 Å². The van der Waals surface area contributed by atoms with Crippen LogP contribution in [0.2, 0.25) is 0 Å². The second-order valence-corrected chi connectivity index (χ2v) is 5.18. The molecule has 0 spiro atoms. The van der Waals surface area contributed by atoms with E-state index in [0.717, 1.165) is 17.7 Å². The summed E-state index contributed by atoms with van der Waals surface area (Å²) >= 11 is 0. The Balaban J connectivity index is 1.66. The Hall–Kier alpha value is -3.01. The van der Waals surface area contributed by atoms with Crippen molar-refractivity contribution in [2.24, 2.45) is 0 Å². The van der Waals surface area contributed by atoms with Crippen molar-refractivity contribution in [3.05, 3.63) is 95.8 Å². The average Bonchev–Trinajstić information content (AvgIpc) is 3.08. The highest BCUT2D eigenvalue weighted by Crippen LogP contribution is 2.10.